The zero-order chi connectivity index (χ0) is 20.1. The summed E-state index contributed by atoms with van der Waals surface area (Å²) in [5.74, 6) is 0.588. The lowest BCUT2D eigenvalue weighted by atomic mass is 10.1. The van der Waals surface area contributed by atoms with Crippen LogP contribution in [0.3, 0.4) is 0 Å². The first-order valence-electron chi connectivity index (χ1n) is 9.49. The van der Waals surface area contributed by atoms with Gasteiger partial charge in [0.2, 0.25) is 0 Å². The molecule has 4 rings (SSSR count). The Kier molecular flexibility index (Phi) is 5.62. The monoisotopic (exact) mass is 389 g/mol. The fourth-order valence-corrected chi connectivity index (χ4v) is 3.23. The summed E-state index contributed by atoms with van der Waals surface area (Å²) in [6.07, 6.45) is 6.05. The number of H-pyrrole nitrogens is 2. The molecule has 0 saturated carbocycles. The summed E-state index contributed by atoms with van der Waals surface area (Å²) in [5.41, 5.74) is 3.77. The smallest absolute Gasteiger partial charge is 0.251 e. The van der Waals surface area contributed by atoms with Gasteiger partial charge in [-0.1, -0.05) is 24.3 Å². The number of hydrogen-bond donors (Lipinski definition) is 2. The van der Waals surface area contributed by atoms with Crippen LogP contribution in [-0.2, 0) is 26.1 Å². The summed E-state index contributed by atoms with van der Waals surface area (Å²) in [6.45, 7) is 2.30. The van der Waals surface area contributed by atoms with E-state index in [0.717, 1.165) is 30.0 Å². The Morgan fingerprint density at radius 3 is 2.69 bits per heavy atom. The molecule has 0 atom stereocenters. The molecule has 8 nitrogen and oxygen atoms in total. The van der Waals surface area contributed by atoms with Crippen molar-refractivity contribution in [2.45, 2.75) is 26.1 Å². The van der Waals surface area contributed by atoms with E-state index in [4.69, 9.17) is 0 Å². The first kappa shape index (κ1) is 18.8. The molecule has 1 aromatic carbocycles. The molecule has 148 valence electrons. The number of benzene rings is 1. The Labute approximate surface area is 168 Å². The van der Waals surface area contributed by atoms with Crippen molar-refractivity contribution in [3.63, 3.8) is 0 Å². The molecule has 0 bridgehead atoms. The number of hydrogen-bond acceptors (Lipinski definition) is 5. The fraction of sp³-hybridized carbons (Fsp3) is 0.238. The van der Waals surface area contributed by atoms with Crippen molar-refractivity contribution < 1.29 is 0 Å². The molecule has 0 spiro atoms. The molecule has 0 radical (unpaired) electrons. The number of nitrogens with one attached hydrogen (secondary N) is 2. The van der Waals surface area contributed by atoms with E-state index in [1.807, 2.05) is 35.1 Å². The third-order valence-electron chi connectivity index (χ3n) is 4.63. The van der Waals surface area contributed by atoms with E-state index in [1.165, 1.54) is 5.56 Å². The van der Waals surface area contributed by atoms with Gasteiger partial charge in [-0.15, -0.1) is 0 Å². The van der Waals surface area contributed by atoms with Gasteiger partial charge in [0.15, 0.2) is 0 Å². The van der Waals surface area contributed by atoms with Crippen molar-refractivity contribution in [2.75, 3.05) is 7.05 Å². The minimum Gasteiger partial charge on any atom is -0.307 e. The Balaban J connectivity index is 1.43. The second-order valence-corrected chi connectivity index (χ2v) is 7.06. The van der Waals surface area contributed by atoms with Crippen LogP contribution in [0.2, 0.25) is 0 Å². The summed E-state index contributed by atoms with van der Waals surface area (Å²) in [5, 5.41) is 11.1. The van der Waals surface area contributed by atoms with Gasteiger partial charge in [0.05, 0.1) is 5.69 Å². The SMILES string of the molecule is CN(Cc1ccc(-c2nc(CCn3cccn3)cc(=O)[nH]2)cc1)Cc1ccn[nH]1. The molecule has 0 unspecified atom stereocenters. The lowest BCUT2D eigenvalue weighted by Crippen LogP contribution is -2.17. The highest BCUT2D eigenvalue weighted by Crippen LogP contribution is 2.16. The van der Waals surface area contributed by atoms with Gasteiger partial charge >= 0.3 is 0 Å². The van der Waals surface area contributed by atoms with Crippen LogP contribution in [0.15, 0.2) is 65.8 Å². The van der Waals surface area contributed by atoms with Gasteiger partial charge in [-0.05, 0) is 24.7 Å². The minimum atomic E-state index is -0.145. The zero-order valence-electron chi connectivity index (χ0n) is 16.2. The average Bonchev–Trinajstić information content (AvgIpc) is 3.40. The van der Waals surface area contributed by atoms with Crippen molar-refractivity contribution in [1.82, 2.24) is 34.8 Å². The predicted molar refractivity (Wildman–Crippen MR) is 110 cm³/mol. The molecular formula is C21H23N7O. The van der Waals surface area contributed by atoms with Crippen LogP contribution in [0.4, 0.5) is 0 Å². The number of aromatic amines is 2. The third-order valence-corrected chi connectivity index (χ3v) is 4.63. The van der Waals surface area contributed by atoms with E-state index in [1.54, 1.807) is 18.5 Å². The molecule has 3 heterocycles. The molecule has 4 aromatic rings. The molecule has 0 saturated heterocycles. The molecule has 0 aliphatic rings. The highest BCUT2D eigenvalue weighted by Gasteiger charge is 2.07. The fourth-order valence-electron chi connectivity index (χ4n) is 3.23. The Bertz CT molecular complexity index is 1080. The maximum absolute atomic E-state index is 12.1. The third kappa shape index (κ3) is 5.05. The standard InChI is InChI=1S/C21H23N7O/c1-27(15-19-7-10-22-26-19)14-16-3-5-17(6-4-16)21-24-18(13-20(29)25-21)8-12-28-11-2-9-23-28/h2-7,9-11,13H,8,12,14-15H2,1H3,(H,22,26)(H,24,25,29). The van der Waals surface area contributed by atoms with Crippen LogP contribution < -0.4 is 5.56 Å². The van der Waals surface area contributed by atoms with Gasteiger partial charge < -0.3 is 4.98 Å². The molecule has 2 N–H and O–H groups in total. The number of nitrogens with zero attached hydrogens (tertiary/aromatic N) is 5. The Morgan fingerprint density at radius 1 is 1.10 bits per heavy atom. The van der Waals surface area contributed by atoms with Gasteiger partial charge in [0.25, 0.3) is 5.56 Å². The van der Waals surface area contributed by atoms with Crippen LogP contribution in [0, 0.1) is 0 Å². The predicted octanol–water partition coefficient (Wildman–Crippen LogP) is 2.23. The molecule has 0 aliphatic heterocycles. The van der Waals surface area contributed by atoms with Crippen molar-refractivity contribution in [3.8, 4) is 11.4 Å². The van der Waals surface area contributed by atoms with Gasteiger partial charge in [-0.3, -0.25) is 19.5 Å². The van der Waals surface area contributed by atoms with E-state index < -0.39 is 0 Å². The maximum atomic E-state index is 12.1. The second kappa shape index (κ2) is 8.66. The van der Waals surface area contributed by atoms with Crippen LogP contribution >= 0.6 is 0 Å². The Hall–Kier alpha value is -3.52. The first-order chi connectivity index (χ1) is 14.2. The summed E-state index contributed by atoms with van der Waals surface area (Å²) in [6, 6.07) is 13.5. The van der Waals surface area contributed by atoms with Crippen LogP contribution in [0.1, 0.15) is 17.0 Å². The van der Waals surface area contributed by atoms with E-state index in [9.17, 15) is 4.79 Å². The average molecular weight is 389 g/mol. The summed E-state index contributed by atoms with van der Waals surface area (Å²) >= 11 is 0. The quantitative estimate of drug-likeness (QED) is 0.482. The van der Waals surface area contributed by atoms with Gasteiger partial charge in [0.1, 0.15) is 5.82 Å². The lowest BCUT2D eigenvalue weighted by Gasteiger charge is -2.15. The van der Waals surface area contributed by atoms with Crippen molar-refractivity contribution in [1.29, 1.82) is 0 Å². The van der Waals surface area contributed by atoms with Crippen molar-refractivity contribution >= 4 is 0 Å². The van der Waals surface area contributed by atoms with Crippen LogP contribution in [0.25, 0.3) is 11.4 Å². The maximum Gasteiger partial charge on any atom is 0.251 e. The minimum absolute atomic E-state index is 0.145. The molecule has 3 aromatic heterocycles. The first-order valence-corrected chi connectivity index (χ1v) is 9.49. The summed E-state index contributed by atoms with van der Waals surface area (Å²) in [4.78, 5) is 21.7. The number of aromatic nitrogens is 6. The lowest BCUT2D eigenvalue weighted by molar-refractivity contribution is 0.315. The number of aryl methyl sites for hydroxylation is 2. The van der Waals surface area contributed by atoms with Crippen LogP contribution in [0.5, 0.6) is 0 Å². The second-order valence-electron chi connectivity index (χ2n) is 7.06. The van der Waals surface area contributed by atoms with E-state index >= 15 is 0 Å². The molecular weight excluding hydrogens is 366 g/mol. The van der Waals surface area contributed by atoms with E-state index in [-0.39, 0.29) is 5.56 Å². The van der Waals surface area contributed by atoms with Crippen molar-refractivity contribution in [3.05, 3.63) is 88.4 Å². The molecule has 29 heavy (non-hydrogen) atoms. The summed E-state index contributed by atoms with van der Waals surface area (Å²) in [7, 11) is 2.07. The van der Waals surface area contributed by atoms with Crippen LogP contribution in [-0.4, -0.2) is 41.9 Å². The van der Waals surface area contributed by atoms with Gasteiger partial charge in [0, 0.05) is 62.0 Å². The Morgan fingerprint density at radius 2 is 1.97 bits per heavy atom. The van der Waals surface area contributed by atoms with Gasteiger partial charge in [-0.25, -0.2) is 4.98 Å². The van der Waals surface area contributed by atoms with Crippen molar-refractivity contribution in [2.24, 2.45) is 0 Å². The van der Waals surface area contributed by atoms with Gasteiger partial charge in [-0.2, -0.15) is 10.2 Å². The molecule has 0 fully saturated rings. The largest absolute Gasteiger partial charge is 0.307 e. The topological polar surface area (TPSA) is 95.5 Å². The highest BCUT2D eigenvalue weighted by molar-refractivity contribution is 5.55. The van der Waals surface area contributed by atoms with E-state index in [2.05, 4.69) is 49.3 Å². The zero-order valence-corrected chi connectivity index (χ0v) is 16.2. The molecule has 0 aliphatic carbocycles. The molecule has 8 heteroatoms. The van der Waals surface area contributed by atoms with E-state index in [0.29, 0.717) is 18.8 Å². The summed E-state index contributed by atoms with van der Waals surface area (Å²) < 4.78 is 1.83. The molecule has 0 amide bonds. The number of rotatable bonds is 8. The normalized spacial score (nSPS) is 11.2. The highest BCUT2D eigenvalue weighted by atomic mass is 16.1.